The Kier molecular flexibility index (Phi) is 5.01. The third-order valence-corrected chi connectivity index (χ3v) is 5.86. The number of benzene rings is 2. The van der Waals surface area contributed by atoms with Crippen molar-refractivity contribution in [2.75, 3.05) is 5.32 Å². The summed E-state index contributed by atoms with van der Waals surface area (Å²) in [6.45, 7) is 6.96. The van der Waals surface area contributed by atoms with E-state index < -0.39 is 0 Å². The van der Waals surface area contributed by atoms with Crippen molar-refractivity contribution in [1.29, 1.82) is 0 Å². The number of hydrogen-bond acceptors (Lipinski definition) is 3. The smallest absolute Gasteiger partial charge is 0.258 e. The topological polar surface area (TPSA) is 51.1 Å². The standard InChI is InChI=1S/C24H24N2O2S/c1-24(2,3)15-26-12-11-18-19(23(26)28)8-6-9-20(18)25-22(27)13-16-14-29-21-10-5-4-7-17(16)21/h4-12,14H,13,15H2,1-3H3,(H,25,27). The number of fused-ring (bicyclic) bond motifs is 2. The van der Waals surface area contributed by atoms with Crippen molar-refractivity contribution in [2.45, 2.75) is 33.7 Å². The molecule has 4 aromatic rings. The first-order valence-corrected chi connectivity index (χ1v) is 10.6. The van der Waals surface area contributed by atoms with E-state index in [1.165, 1.54) is 4.70 Å². The summed E-state index contributed by atoms with van der Waals surface area (Å²) in [7, 11) is 0. The highest BCUT2D eigenvalue weighted by Crippen LogP contribution is 2.27. The molecule has 2 heterocycles. The number of carbonyl (C=O) groups excluding carboxylic acids is 1. The van der Waals surface area contributed by atoms with E-state index in [1.54, 1.807) is 15.9 Å². The highest BCUT2D eigenvalue weighted by molar-refractivity contribution is 7.17. The predicted molar refractivity (Wildman–Crippen MR) is 122 cm³/mol. The molecule has 0 aliphatic rings. The highest BCUT2D eigenvalue weighted by Gasteiger charge is 2.15. The van der Waals surface area contributed by atoms with Crippen LogP contribution < -0.4 is 10.9 Å². The van der Waals surface area contributed by atoms with E-state index >= 15 is 0 Å². The molecule has 2 aromatic heterocycles. The van der Waals surface area contributed by atoms with Gasteiger partial charge in [0.2, 0.25) is 5.91 Å². The predicted octanol–water partition coefficient (Wildman–Crippen LogP) is 5.44. The van der Waals surface area contributed by atoms with Crippen LogP contribution in [0.25, 0.3) is 20.9 Å². The van der Waals surface area contributed by atoms with Crippen LogP contribution in [0, 0.1) is 5.41 Å². The van der Waals surface area contributed by atoms with Crippen LogP contribution in [0.5, 0.6) is 0 Å². The molecule has 1 N–H and O–H groups in total. The Morgan fingerprint density at radius 1 is 1.00 bits per heavy atom. The molecule has 0 radical (unpaired) electrons. The lowest BCUT2D eigenvalue weighted by Crippen LogP contribution is -2.26. The van der Waals surface area contributed by atoms with Gasteiger partial charge < -0.3 is 9.88 Å². The number of anilines is 1. The van der Waals surface area contributed by atoms with Gasteiger partial charge in [0.1, 0.15) is 0 Å². The molecule has 0 bridgehead atoms. The lowest BCUT2D eigenvalue weighted by atomic mass is 9.96. The Bertz CT molecular complexity index is 1260. The highest BCUT2D eigenvalue weighted by atomic mass is 32.1. The molecule has 0 unspecified atom stereocenters. The van der Waals surface area contributed by atoms with Crippen LogP contribution in [0.15, 0.2) is 64.9 Å². The first kappa shape index (κ1) is 19.4. The molecular formula is C24H24N2O2S. The zero-order valence-corrected chi connectivity index (χ0v) is 17.7. The van der Waals surface area contributed by atoms with Crippen LogP contribution in [0.3, 0.4) is 0 Å². The van der Waals surface area contributed by atoms with Crippen LogP contribution in [-0.4, -0.2) is 10.5 Å². The monoisotopic (exact) mass is 404 g/mol. The molecule has 29 heavy (non-hydrogen) atoms. The van der Waals surface area contributed by atoms with Crippen LogP contribution in [0.2, 0.25) is 0 Å². The van der Waals surface area contributed by atoms with Gasteiger partial charge in [-0.15, -0.1) is 11.3 Å². The van der Waals surface area contributed by atoms with E-state index in [2.05, 4.69) is 32.2 Å². The molecule has 148 valence electrons. The van der Waals surface area contributed by atoms with E-state index in [4.69, 9.17) is 0 Å². The van der Waals surface area contributed by atoms with Crippen molar-refractivity contribution >= 4 is 43.8 Å². The van der Waals surface area contributed by atoms with Gasteiger partial charge in [0.15, 0.2) is 0 Å². The van der Waals surface area contributed by atoms with Gasteiger partial charge in [-0.25, -0.2) is 0 Å². The van der Waals surface area contributed by atoms with Gasteiger partial charge in [0.25, 0.3) is 5.56 Å². The Morgan fingerprint density at radius 2 is 1.76 bits per heavy atom. The van der Waals surface area contributed by atoms with Crippen molar-refractivity contribution in [3.63, 3.8) is 0 Å². The van der Waals surface area contributed by atoms with Gasteiger partial charge >= 0.3 is 0 Å². The summed E-state index contributed by atoms with van der Waals surface area (Å²) in [5.41, 5.74) is 1.67. The quantitative estimate of drug-likeness (QED) is 0.492. The summed E-state index contributed by atoms with van der Waals surface area (Å²) in [5, 5.41) is 7.55. The number of thiophene rings is 1. The third kappa shape index (κ3) is 4.10. The number of nitrogens with zero attached hydrogens (tertiary/aromatic N) is 1. The van der Waals surface area contributed by atoms with Crippen molar-refractivity contribution in [2.24, 2.45) is 5.41 Å². The minimum Gasteiger partial charge on any atom is -0.325 e. The van der Waals surface area contributed by atoms with E-state index in [0.717, 1.165) is 16.3 Å². The second-order valence-corrected chi connectivity index (χ2v) is 9.47. The minimum absolute atomic E-state index is 0.00659. The van der Waals surface area contributed by atoms with Gasteiger partial charge in [-0.1, -0.05) is 45.0 Å². The molecule has 1 amide bonds. The van der Waals surface area contributed by atoms with Crippen molar-refractivity contribution in [3.05, 3.63) is 76.0 Å². The maximum absolute atomic E-state index is 12.9. The summed E-state index contributed by atoms with van der Waals surface area (Å²) in [5.74, 6) is -0.0834. The minimum atomic E-state index is -0.0834. The molecule has 0 fully saturated rings. The number of amides is 1. The number of rotatable bonds is 4. The lowest BCUT2D eigenvalue weighted by Gasteiger charge is -2.20. The van der Waals surface area contributed by atoms with Gasteiger partial charge in [-0.2, -0.15) is 0 Å². The molecule has 2 aromatic carbocycles. The average molecular weight is 405 g/mol. The zero-order chi connectivity index (χ0) is 20.6. The van der Waals surface area contributed by atoms with Crippen LogP contribution in [0.1, 0.15) is 26.3 Å². The molecule has 0 saturated heterocycles. The van der Waals surface area contributed by atoms with Crippen LogP contribution in [0.4, 0.5) is 5.69 Å². The second kappa shape index (κ2) is 7.48. The Balaban J connectivity index is 1.61. The fraction of sp³-hybridized carbons (Fsp3) is 0.250. The van der Waals surface area contributed by atoms with Gasteiger partial charge in [0, 0.05) is 33.9 Å². The maximum Gasteiger partial charge on any atom is 0.258 e. The zero-order valence-electron chi connectivity index (χ0n) is 16.9. The fourth-order valence-electron chi connectivity index (χ4n) is 3.60. The maximum atomic E-state index is 12.9. The van der Waals surface area contributed by atoms with Crippen LogP contribution in [-0.2, 0) is 17.8 Å². The van der Waals surface area contributed by atoms with Crippen molar-refractivity contribution in [3.8, 4) is 0 Å². The van der Waals surface area contributed by atoms with Crippen molar-refractivity contribution in [1.82, 2.24) is 4.57 Å². The van der Waals surface area contributed by atoms with E-state index in [9.17, 15) is 9.59 Å². The van der Waals surface area contributed by atoms with E-state index in [-0.39, 0.29) is 16.9 Å². The first-order chi connectivity index (χ1) is 13.8. The SMILES string of the molecule is CC(C)(C)Cn1ccc2c(NC(=O)Cc3csc4ccccc34)cccc2c1=O. The molecule has 0 saturated carbocycles. The number of nitrogens with one attached hydrogen (secondary N) is 1. The molecule has 4 rings (SSSR count). The largest absolute Gasteiger partial charge is 0.325 e. The fourth-order valence-corrected chi connectivity index (χ4v) is 4.56. The van der Waals surface area contributed by atoms with Gasteiger partial charge in [-0.05, 0) is 46.0 Å². The third-order valence-electron chi connectivity index (χ3n) is 4.85. The Morgan fingerprint density at radius 3 is 2.55 bits per heavy atom. The van der Waals surface area contributed by atoms with Crippen molar-refractivity contribution < 1.29 is 4.79 Å². The summed E-state index contributed by atoms with van der Waals surface area (Å²) in [4.78, 5) is 25.6. The normalized spacial score (nSPS) is 11.8. The van der Waals surface area contributed by atoms with E-state index in [0.29, 0.717) is 24.0 Å². The summed E-state index contributed by atoms with van der Waals surface area (Å²) in [6, 6.07) is 15.5. The average Bonchev–Trinajstić information content (AvgIpc) is 3.06. The number of aromatic nitrogens is 1. The number of hydrogen-bond donors (Lipinski definition) is 1. The molecule has 0 spiro atoms. The lowest BCUT2D eigenvalue weighted by molar-refractivity contribution is -0.115. The summed E-state index contributed by atoms with van der Waals surface area (Å²) >= 11 is 1.65. The Hall–Kier alpha value is -2.92. The van der Waals surface area contributed by atoms with E-state index in [1.807, 2.05) is 54.0 Å². The molecule has 0 atom stereocenters. The van der Waals surface area contributed by atoms with Gasteiger partial charge in [0.05, 0.1) is 6.42 Å². The Labute approximate surface area is 173 Å². The molecule has 0 aliphatic carbocycles. The molecule has 0 aliphatic heterocycles. The molecule has 4 nitrogen and oxygen atoms in total. The first-order valence-electron chi connectivity index (χ1n) is 9.69. The number of pyridine rings is 1. The molecule has 5 heteroatoms. The van der Waals surface area contributed by atoms with Gasteiger partial charge in [-0.3, -0.25) is 9.59 Å². The molecular weight excluding hydrogens is 380 g/mol. The second-order valence-electron chi connectivity index (χ2n) is 8.56. The number of carbonyl (C=O) groups is 1. The summed E-state index contributed by atoms with van der Waals surface area (Å²) in [6.07, 6.45) is 2.12. The summed E-state index contributed by atoms with van der Waals surface area (Å²) < 4.78 is 2.92. The van der Waals surface area contributed by atoms with Crippen LogP contribution >= 0.6 is 11.3 Å².